The first-order chi connectivity index (χ1) is 15.4. The van der Waals surface area contributed by atoms with Gasteiger partial charge in [0.2, 0.25) is 5.91 Å². The van der Waals surface area contributed by atoms with E-state index in [0.717, 1.165) is 20.5 Å². The van der Waals surface area contributed by atoms with E-state index in [-0.39, 0.29) is 5.91 Å². The van der Waals surface area contributed by atoms with E-state index in [4.69, 9.17) is 11.6 Å². The average Bonchev–Trinajstić information content (AvgIpc) is 3.24. The molecule has 0 bridgehead atoms. The van der Waals surface area contributed by atoms with Gasteiger partial charge in [0.05, 0.1) is 11.1 Å². The van der Waals surface area contributed by atoms with Crippen molar-refractivity contribution in [2.45, 2.75) is 37.4 Å². The normalized spacial score (nSPS) is 11.7. The fourth-order valence-corrected chi connectivity index (χ4v) is 4.77. The number of carbonyl (C=O) groups is 1. The molecule has 0 fully saturated rings. The van der Waals surface area contributed by atoms with Gasteiger partial charge in [-0.1, -0.05) is 51.8 Å². The molecular formula is C24H24BrClN4OS. The number of nitriles is 1. The van der Waals surface area contributed by atoms with Crippen molar-refractivity contribution in [1.82, 2.24) is 14.2 Å². The summed E-state index contributed by atoms with van der Waals surface area (Å²) in [4.78, 5) is 16.0. The summed E-state index contributed by atoms with van der Waals surface area (Å²) in [6.07, 6.45) is 2.39. The maximum absolute atomic E-state index is 13.4. The molecule has 8 heteroatoms. The van der Waals surface area contributed by atoms with Crippen LogP contribution in [0.4, 0.5) is 0 Å². The van der Waals surface area contributed by atoms with Gasteiger partial charge in [-0.05, 0) is 66.8 Å². The first-order valence-electron chi connectivity index (χ1n) is 10.1. The molecule has 0 spiro atoms. The van der Waals surface area contributed by atoms with Crippen molar-refractivity contribution in [3.63, 3.8) is 0 Å². The van der Waals surface area contributed by atoms with Gasteiger partial charge in [-0.25, -0.2) is 4.72 Å². The molecule has 0 saturated heterocycles. The number of halogens is 2. The van der Waals surface area contributed by atoms with Crippen LogP contribution < -0.4 is 4.72 Å². The maximum atomic E-state index is 13.4. The lowest BCUT2D eigenvalue weighted by Crippen LogP contribution is -2.43. The van der Waals surface area contributed by atoms with E-state index in [0.29, 0.717) is 30.2 Å². The molecule has 1 unspecified atom stereocenters. The summed E-state index contributed by atoms with van der Waals surface area (Å²) in [7, 11) is 1.81. The molecule has 1 aromatic heterocycles. The topological polar surface area (TPSA) is 61.1 Å². The Morgan fingerprint density at radius 3 is 2.69 bits per heavy atom. The van der Waals surface area contributed by atoms with E-state index < -0.39 is 6.04 Å². The predicted octanol–water partition coefficient (Wildman–Crippen LogP) is 5.80. The second-order valence-corrected chi connectivity index (χ2v) is 9.64. The van der Waals surface area contributed by atoms with Crippen LogP contribution in [-0.2, 0) is 17.9 Å². The molecule has 166 valence electrons. The zero-order valence-corrected chi connectivity index (χ0v) is 21.0. The predicted molar refractivity (Wildman–Crippen MR) is 133 cm³/mol. The molecule has 3 rings (SSSR count). The van der Waals surface area contributed by atoms with Crippen LogP contribution in [0, 0.1) is 18.3 Å². The lowest BCUT2D eigenvalue weighted by molar-refractivity contribution is -0.132. The highest BCUT2D eigenvalue weighted by molar-refractivity contribution is 9.10. The molecule has 0 aliphatic heterocycles. The number of aromatic nitrogens is 1. The highest BCUT2D eigenvalue weighted by atomic mass is 79.9. The van der Waals surface area contributed by atoms with Gasteiger partial charge < -0.3 is 9.47 Å². The first kappa shape index (κ1) is 24.4. The largest absolute Gasteiger partial charge is 0.340 e. The highest BCUT2D eigenvalue weighted by Crippen LogP contribution is 2.29. The van der Waals surface area contributed by atoms with Crippen LogP contribution in [0.3, 0.4) is 0 Å². The van der Waals surface area contributed by atoms with Crippen molar-refractivity contribution < 1.29 is 4.79 Å². The Morgan fingerprint density at radius 1 is 1.25 bits per heavy atom. The van der Waals surface area contributed by atoms with Crippen molar-refractivity contribution in [1.29, 1.82) is 5.26 Å². The van der Waals surface area contributed by atoms with Crippen LogP contribution in [0.2, 0.25) is 5.02 Å². The van der Waals surface area contributed by atoms with Crippen molar-refractivity contribution in [2.75, 3.05) is 7.05 Å². The molecule has 0 aliphatic rings. The average molecular weight is 532 g/mol. The summed E-state index contributed by atoms with van der Waals surface area (Å²) in [5.74, 6) is -0.0178. The summed E-state index contributed by atoms with van der Waals surface area (Å²) in [5, 5.41) is 9.93. The smallest absolute Gasteiger partial charge is 0.240 e. The van der Waals surface area contributed by atoms with Gasteiger partial charge in [0, 0.05) is 35.7 Å². The third-order valence-electron chi connectivity index (χ3n) is 5.08. The lowest BCUT2D eigenvalue weighted by Gasteiger charge is -2.25. The Kier molecular flexibility index (Phi) is 8.83. The molecule has 0 radical (unpaired) electrons. The number of likely N-dealkylation sites (N-methyl/N-ethyl adjacent to an activating group) is 1. The van der Waals surface area contributed by atoms with Gasteiger partial charge in [-0.2, -0.15) is 5.26 Å². The Bertz CT molecular complexity index is 1090. The van der Waals surface area contributed by atoms with E-state index in [9.17, 15) is 10.1 Å². The summed E-state index contributed by atoms with van der Waals surface area (Å²) < 4.78 is 6.19. The number of hydrogen-bond donors (Lipinski definition) is 1. The molecule has 1 N–H and O–H groups in total. The van der Waals surface area contributed by atoms with Crippen molar-refractivity contribution >= 4 is 45.4 Å². The molecule has 1 heterocycles. The monoisotopic (exact) mass is 530 g/mol. The van der Waals surface area contributed by atoms with Gasteiger partial charge in [-0.15, -0.1) is 0 Å². The number of benzene rings is 2. The van der Waals surface area contributed by atoms with E-state index in [1.165, 1.54) is 11.9 Å². The molecule has 2 aromatic carbocycles. The molecule has 3 aromatic rings. The van der Waals surface area contributed by atoms with Gasteiger partial charge in [0.25, 0.3) is 0 Å². The summed E-state index contributed by atoms with van der Waals surface area (Å²) in [6, 6.07) is 19.0. The van der Waals surface area contributed by atoms with Gasteiger partial charge in [0.1, 0.15) is 11.8 Å². The van der Waals surface area contributed by atoms with Crippen LogP contribution in [0.1, 0.15) is 23.2 Å². The fraction of sp³-hybridized carbons (Fsp3) is 0.250. The van der Waals surface area contributed by atoms with Crippen LogP contribution >= 0.6 is 39.5 Å². The minimum Gasteiger partial charge on any atom is -0.340 e. The maximum Gasteiger partial charge on any atom is 0.240 e. The molecule has 0 aliphatic carbocycles. The third-order valence-corrected chi connectivity index (χ3v) is 7.18. The van der Waals surface area contributed by atoms with Crippen LogP contribution in [0.25, 0.3) is 0 Å². The lowest BCUT2D eigenvalue weighted by atomic mass is 10.1. The van der Waals surface area contributed by atoms with Crippen molar-refractivity contribution in [3.8, 4) is 6.07 Å². The number of amides is 1. The Balaban J connectivity index is 1.74. The number of aryl methyl sites for hydroxylation is 2. The summed E-state index contributed by atoms with van der Waals surface area (Å²) >= 11 is 11.2. The number of nitrogens with one attached hydrogen (secondary N) is 1. The number of hydrogen-bond acceptors (Lipinski definition) is 4. The van der Waals surface area contributed by atoms with Crippen molar-refractivity contribution in [3.05, 3.63) is 87.1 Å². The van der Waals surface area contributed by atoms with E-state index in [2.05, 4.69) is 26.7 Å². The number of carbonyl (C=O) groups excluding carboxylic acids is 1. The summed E-state index contributed by atoms with van der Waals surface area (Å²) in [5.41, 5.74) is 2.67. The molecule has 0 saturated carbocycles. The Hall–Kier alpha value is -2.24. The Labute approximate surface area is 206 Å². The molecule has 1 amide bonds. The Morgan fingerprint density at radius 2 is 2.00 bits per heavy atom. The van der Waals surface area contributed by atoms with E-state index in [1.54, 1.807) is 18.0 Å². The van der Waals surface area contributed by atoms with Gasteiger partial charge in [-0.3, -0.25) is 4.79 Å². The van der Waals surface area contributed by atoms with E-state index in [1.807, 2.05) is 66.2 Å². The van der Waals surface area contributed by atoms with Crippen LogP contribution in [-0.4, -0.2) is 28.5 Å². The third kappa shape index (κ3) is 6.39. The quantitative estimate of drug-likeness (QED) is 0.355. The zero-order chi connectivity index (χ0) is 23.1. The van der Waals surface area contributed by atoms with Crippen molar-refractivity contribution in [2.24, 2.45) is 0 Å². The zero-order valence-electron chi connectivity index (χ0n) is 17.9. The second-order valence-electron chi connectivity index (χ2n) is 7.47. The van der Waals surface area contributed by atoms with Gasteiger partial charge >= 0.3 is 0 Å². The number of nitrogens with zero attached hydrogens (tertiary/aromatic N) is 3. The molecule has 1 atom stereocenters. The fourth-order valence-electron chi connectivity index (χ4n) is 3.30. The molecular weight excluding hydrogens is 508 g/mol. The SMILES string of the molecule is Cc1cccc(Cl)c1SNC(CCn1cccc1C#N)C(=O)N(C)Cc1ccc(Br)cc1. The minimum absolute atomic E-state index is 0.0178. The van der Waals surface area contributed by atoms with Crippen LogP contribution in [0.15, 0.2) is 70.2 Å². The summed E-state index contributed by atoms with van der Waals surface area (Å²) in [6.45, 7) is 3.05. The second kappa shape index (κ2) is 11.6. The number of rotatable bonds is 9. The van der Waals surface area contributed by atoms with Gasteiger partial charge in [0.15, 0.2) is 0 Å². The highest BCUT2D eigenvalue weighted by Gasteiger charge is 2.23. The minimum atomic E-state index is -0.454. The first-order valence-corrected chi connectivity index (χ1v) is 12.1. The van der Waals surface area contributed by atoms with Crippen LogP contribution in [0.5, 0.6) is 0 Å². The standard InChI is InChI=1S/C24H24BrClN4OS/c1-17-5-3-7-21(26)23(17)32-28-22(12-14-30-13-4-6-20(30)15-27)24(31)29(2)16-18-8-10-19(25)11-9-18/h3-11,13,22,28H,12,14,16H2,1-2H3. The molecule has 32 heavy (non-hydrogen) atoms. The van der Waals surface area contributed by atoms with E-state index >= 15 is 0 Å². The molecule has 5 nitrogen and oxygen atoms in total.